The van der Waals surface area contributed by atoms with Crippen molar-refractivity contribution in [2.24, 2.45) is 10.8 Å². The molecule has 0 aromatic heterocycles. The molecule has 5 nitrogen and oxygen atoms in total. The molecule has 0 atom stereocenters. The predicted octanol–water partition coefficient (Wildman–Crippen LogP) is 5.31. The Kier molecular flexibility index (Phi) is 17.4. The van der Waals surface area contributed by atoms with Crippen molar-refractivity contribution >= 4 is 11.9 Å². The molecule has 0 amide bonds. The Bertz CT molecular complexity index is 303. The van der Waals surface area contributed by atoms with Crippen molar-refractivity contribution in [2.45, 2.75) is 106 Å². The third-order valence-corrected chi connectivity index (χ3v) is 3.63. The lowest BCUT2D eigenvalue weighted by molar-refractivity contribution is -0.138. The van der Waals surface area contributed by atoms with Crippen LogP contribution < -0.4 is 0 Å². The van der Waals surface area contributed by atoms with E-state index in [4.69, 9.17) is 10.2 Å². The largest absolute Gasteiger partial charge is 0.481 e. The van der Waals surface area contributed by atoms with Crippen LogP contribution in [0.5, 0.6) is 0 Å². The van der Waals surface area contributed by atoms with E-state index in [9.17, 15) is 9.59 Å². The van der Waals surface area contributed by atoms with Crippen molar-refractivity contribution in [3.63, 3.8) is 0 Å². The van der Waals surface area contributed by atoms with Gasteiger partial charge >= 0.3 is 11.9 Å². The second-order valence-electron chi connectivity index (χ2n) is 9.03. The fourth-order valence-electron chi connectivity index (χ4n) is 2.22. The normalized spacial score (nSPS) is 11.1. The van der Waals surface area contributed by atoms with Gasteiger partial charge in [0.2, 0.25) is 0 Å². The number of carboxylic acids is 2. The first-order chi connectivity index (χ1) is 10.8. The Balaban J connectivity index is -0.000000372. The van der Waals surface area contributed by atoms with Crippen LogP contribution >= 0.6 is 0 Å². The van der Waals surface area contributed by atoms with Gasteiger partial charge in [-0.3, -0.25) is 9.59 Å². The first-order valence-corrected chi connectivity index (χ1v) is 9.27. The van der Waals surface area contributed by atoms with E-state index >= 15 is 0 Å². The summed E-state index contributed by atoms with van der Waals surface area (Å²) in [6.07, 6.45) is 9.06. The fraction of sp³-hybridized carbons (Fsp3) is 0.900. The van der Waals surface area contributed by atoms with E-state index in [0.717, 1.165) is 38.5 Å². The molecule has 152 valence electrons. The zero-order chi connectivity index (χ0) is 19.2. The van der Waals surface area contributed by atoms with Crippen molar-refractivity contribution in [1.29, 1.82) is 0 Å². The molecule has 0 saturated carbocycles. The second kappa shape index (κ2) is 15.2. The molecule has 0 spiro atoms. The second-order valence-corrected chi connectivity index (χ2v) is 9.03. The molecule has 5 heteroatoms. The third-order valence-electron chi connectivity index (χ3n) is 3.63. The maximum Gasteiger partial charge on any atom is 0.303 e. The van der Waals surface area contributed by atoms with Gasteiger partial charge in [-0.2, -0.15) is 0 Å². The summed E-state index contributed by atoms with van der Waals surface area (Å²) in [5, 5.41) is 16.7. The van der Waals surface area contributed by atoms with Crippen LogP contribution in [-0.4, -0.2) is 27.6 Å². The number of hydrogen-bond donors (Lipinski definition) is 2. The predicted molar refractivity (Wildman–Crippen MR) is 104 cm³/mol. The molecule has 0 unspecified atom stereocenters. The Hall–Kier alpha value is -1.10. The lowest BCUT2D eigenvalue weighted by Crippen LogP contribution is -2.04. The minimum Gasteiger partial charge on any atom is -0.481 e. The Morgan fingerprint density at radius 1 is 0.600 bits per heavy atom. The number of aliphatic carboxylic acids is 2. The van der Waals surface area contributed by atoms with Crippen LogP contribution in [0.25, 0.3) is 0 Å². The Morgan fingerprint density at radius 2 is 0.880 bits per heavy atom. The molecule has 0 saturated heterocycles. The maximum absolute atomic E-state index is 10.2. The minimum atomic E-state index is -0.675. The van der Waals surface area contributed by atoms with E-state index < -0.39 is 11.9 Å². The molecule has 0 bridgehead atoms. The molecular formula is C20H42O5. The number of unbranched alkanes of at least 4 members (excludes halogenated alkanes) is 4. The summed E-state index contributed by atoms with van der Waals surface area (Å²) in [5.41, 5.74) is 0.784. The van der Waals surface area contributed by atoms with Gasteiger partial charge < -0.3 is 15.7 Å². The van der Waals surface area contributed by atoms with Crippen LogP contribution in [0.4, 0.5) is 0 Å². The average Bonchev–Trinajstić information content (AvgIpc) is 2.35. The van der Waals surface area contributed by atoms with E-state index in [1.807, 2.05) is 0 Å². The summed E-state index contributed by atoms with van der Waals surface area (Å²) in [6, 6.07) is 0. The molecule has 0 aliphatic rings. The quantitative estimate of drug-likeness (QED) is 0.513. The molecule has 0 aromatic carbocycles. The highest BCUT2D eigenvalue weighted by Crippen LogP contribution is 2.22. The summed E-state index contributed by atoms with van der Waals surface area (Å²) in [7, 11) is 0. The van der Waals surface area contributed by atoms with Crippen molar-refractivity contribution in [3.05, 3.63) is 0 Å². The van der Waals surface area contributed by atoms with Gasteiger partial charge in [0, 0.05) is 12.8 Å². The fourth-order valence-corrected chi connectivity index (χ4v) is 2.22. The summed E-state index contributed by atoms with van der Waals surface area (Å²) in [6.45, 7) is 13.3. The van der Waals surface area contributed by atoms with Crippen molar-refractivity contribution < 1.29 is 25.3 Å². The highest BCUT2D eigenvalue weighted by Gasteiger charge is 2.09. The third kappa shape index (κ3) is 35.0. The molecule has 0 aromatic rings. The van der Waals surface area contributed by atoms with Gasteiger partial charge in [0.05, 0.1) is 0 Å². The topological polar surface area (TPSA) is 106 Å². The maximum atomic E-state index is 10.2. The highest BCUT2D eigenvalue weighted by atomic mass is 16.4. The van der Waals surface area contributed by atoms with Gasteiger partial charge in [-0.15, -0.1) is 0 Å². The van der Waals surface area contributed by atoms with E-state index in [0.29, 0.717) is 23.7 Å². The van der Waals surface area contributed by atoms with E-state index in [-0.39, 0.29) is 5.48 Å². The zero-order valence-corrected chi connectivity index (χ0v) is 17.3. The van der Waals surface area contributed by atoms with Gasteiger partial charge in [0.25, 0.3) is 0 Å². The molecule has 0 fully saturated rings. The molecule has 0 radical (unpaired) electrons. The van der Waals surface area contributed by atoms with Crippen LogP contribution in [0.1, 0.15) is 106 Å². The SMILES string of the molecule is CC(C)(C)CCCCCC(=O)O.CC(C)(C)CCCCCC(=O)O.O. The van der Waals surface area contributed by atoms with Gasteiger partial charge in [-0.25, -0.2) is 0 Å². The standard InChI is InChI=1S/2C10H20O2.H2O/c2*1-10(2,3)8-6-4-5-7-9(11)12;/h2*4-8H2,1-3H3,(H,11,12);1H2. The summed E-state index contributed by atoms with van der Waals surface area (Å²) >= 11 is 0. The molecule has 4 N–H and O–H groups in total. The molecule has 0 aliphatic carbocycles. The van der Waals surface area contributed by atoms with Crippen LogP contribution in [0.3, 0.4) is 0 Å². The summed E-state index contributed by atoms with van der Waals surface area (Å²) in [5.74, 6) is -1.35. The Morgan fingerprint density at radius 3 is 1.08 bits per heavy atom. The van der Waals surface area contributed by atoms with Crippen molar-refractivity contribution in [1.82, 2.24) is 0 Å². The first kappa shape index (κ1) is 28.7. The minimum absolute atomic E-state index is 0. The smallest absolute Gasteiger partial charge is 0.303 e. The molecule has 0 aliphatic heterocycles. The van der Waals surface area contributed by atoms with Crippen LogP contribution in [0.2, 0.25) is 0 Å². The first-order valence-electron chi connectivity index (χ1n) is 9.27. The average molecular weight is 363 g/mol. The zero-order valence-electron chi connectivity index (χ0n) is 17.3. The van der Waals surface area contributed by atoms with Crippen LogP contribution in [-0.2, 0) is 9.59 Å². The van der Waals surface area contributed by atoms with Crippen LogP contribution in [0, 0.1) is 10.8 Å². The van der Waals surface area contributed by atoms with E-state index in [2.05, 4.69) is 41.5 Å². The number of rotatable bonds is 10. The molecular weight excluding hydrogens is 320 g/mol. The van der Waals surface area contributed by atoms with Gasteiger partial charge in [0.15, 0.2) is 0 Å². The van der Waals surface area contributed by atoms with Gasteiger partial charge in [-0.05, 0) is 36.5 Å². The Labute approximate surface area is 154 Å². The lowest BCUT2D eigenvalue weighted by Gasteiger charge is -2.17. The van der Waals surface area contributed by atoms with Gasteiger partial charge in [0.1, 0.15) is 0 Å². The molecule has 0 rings (SSSR count). The highest BCUT2D eigenvalue weighted by molar-refractivity contribution is 5.66. The number of hydrogen-bond acceptors (Lipinski definition) is 2. The van der Waals surface area contributed by atoms with Gasteiger partial charge in [-0.1, -0.05) is 67.2 Å². The van der Waals surface area contributed by atoms with Crippen LogP contribution in [0.15, 0.2) is 0 Å². The molecule has 0 heterocycles. The molecule has 25 heavy (non-hydrogen) atoms. The van der Waals surface area contributed by atoms with E-state index in [1.165, 1.54) is 12.8 Å². The number of carboxylic acid groups (broad SMARTS) is 2. The van der Waals surface area contributed by atoms with E-state index in [1.54, 1.807) is 0 Å². The lowest BCUT2D eigenvalue weighted by atomic mass is 9.89. The summed E-state index contributed by atoms with van der Waals surface area (Å²) < 4.78 is 0. The van der Waals surface area contributed by atoms with Crippen molar-refractivity contribution in [3.8, 4) is 0 Å². The number of carbonyl (C=O) groups is 2. The summed E-state index contributed by atoms with van der Waals surface area (Å²) in [4.78, 5) is 20.3. The monoisotopic (exact) mass is 362 g/mol. The van der Waals surface area contributed by atoms with Crippen molar-refractivity contribution in [2.75, 3.05) is 0 Å².